The summed E-state index contributed by atoms with van der Waals surface area (Å²) in [6.45, 7) is 6.30. The molecule has 25 heavy (non-hydrogen) atoms. The first kappa shape index (κ1) is 19.2. The summed E-state index contributed by atoms with van der Waals surface area (Å²) >= 11 is 0. The molecule has 0 N–H and O–H groups in total. The van der Waals surface area contributed by atoms with Gasteiger partial charge in [-0.2, -0.15) is 0 Å². The molecular formula is C22H29NO2. The largest absolute Gasteiger partial charge is 0.459 e. The molecule has 0 bridgehead atoms. The Labute approximate surface area is 151 Å². The van der Waals surface area contributed by atoms with Crippen molar-refractivity contribution >= 4 is 5.97 Å². The van der Waals surface area contributed by atoms with Crippen LogP contribution in [-0.2, 0) is 11.2 Å². The number of nitrogens with zero attached hydrogens (tertiary/aromatic N) is 1. The van der Waals surface area contributed by atoms with Gasteiger partial charge in [0.05, 0.1) is 17.4 Å². The molecule has 1 heterocycles. The zero-order chi connectivity index (χ0) is 18.1. The van der Waals surface area contributed by atoms with Crippen LogP contribution < -0.4 is 0 Å². The van der Waals surface area contributed by atoms with Gasteiger partial charge < -0.3 is 4.74 Å². The van der Waals surface area contributed by atoms with Gasteiger partial charge in [-0.1, -0.05) is 57.4 Å². The van der Waals surface area contributed by atoms with E-state index in [1.807, 2.05) is 13.0 Å². The number of aromatic nitrogens is 1. The zero-order valence-corrected chi connectivity index (χ0v) is 15.6. The molecule has 3 nitrogen and oxygen atoms in total. The van der Waals surface area contributed by atoms with Crippen LogP contribution in [0.5, 0.6) is 0 Å². The van der Waals surface area contributed by atoms with E-state index in [0.717, 1.165) is 36.9 Å². The van der Waals surface area contributed by atoms with Gasteiger partial charge in [0.25, 0.3) is 0 Å². The predicted molar refractivity (Wildman–Crippen MR) is 103 cm³/mol. The topological polar surface area (TPSA) is 39.2 Å². The number of pyridine rings is 1. The van der Waals surface area contributed by atoms with Crippen molar-refractivity contribution in [2.45, 2.75) is 65.4 Å². The SMILES string of the molecule is CCCCC[C@@H](C)OC(=O)c1ccc(-c2ccc(CCC)cc2)nc1. The molecule has 0 aliphatic rings. The number of benzene rings is 1. The molecule has 0 amide bonds. The van der Waals surface area contributed by atoms with Crippen LogP contribution in [-0.4, -0.2) is 17.1 Å². The number of carbonyl (C=O) groups is 1. The van der Waals surface area contributed by atoms with E-state index in [9.17, 15) is 4.79 Å². The fraction of sp³-hybridized carbons (Fsp3) is 0.455. The van der Waals surface area contributed by atoms with E-state index < -0.39 is 0 Å². The number of hydrogen-bond donors (Lipinski definition) is 0. The molecular weight excluding hydrogens is 310 g/mol. The van der Waals surface area contributed by atoms with Crippen LogP contribution >= 0.6 is 0 Å². The lowest BCUT2D eigenvalue weighted by atomic mass is 10.1. The Balaban J connectivity index is 1.95. The smallest absolute Gasteiger partial charge is 0.339 e. The Hall–Kier alpha value is -2.16. The van der Waals surface area contributed by atoms with Gasteiger partial charge in [0.1, 0.15) is 0 Å². The molecule has 1 aromatic heterocycles. The highest BCUT2D eigenvalue weighted by Crippen LogP contribution is 2.19. The summed E-state index contributed by atoms with van der Waals surface area (Å²) in [5, 5.41) is 0. The second-order valence-corrected chi connectivity index (χ2v) is 6.59. The third kappa shape index (κ3) is 6.00. The minimum absolute atomic E-state index is 0.0511. The van der Waals surface area contributed by atoms with Crippen molar-refractivity contribution in [1.29, 1.82) is 0 Å². The molecule has 0 radical (unpaired) electrons. The summed E-state index contributed by atoms with van der Waals surface area (Å²) in [4.78, 5) is 16.6. The van der Waals surface area contributed by atoms with Crippen LogP contribution in [0.2, 0.25) is 0 Å². The number of aryl methyl sites for hydroxylation is 1. The first-order chi connectivity index (χ1) is 12.1. The first-order valence-corrected chi connectivity index (χ1v) is 9.40. The Morgan fingerprint density at radius 1 is 1.04 bits per heavy atom. The van der Waals surface area contributed by atoms with E-state index in [1.54, 1.807) is 12.3 Å². The van der Waals surface area contributed by atoms with E-state index in [-0.39, 0.29) is 12.1 Å². The summed E-state index contributed by atoms with van der Waals surface area (Å²) in [6, 6.07) is 12.1. The maximum atomic E-state index is 12.2. The average Bonchev–Trinajstić information content (AvgIpc) is 2.63. The van der Waals surface area contributed by atoms with Gasteiger partial charge in [-0.3, -0.25) is 4.98 Å². The maximum absolute atomic E-state index is 12.2. The predicted octanol–water partition coefficient (Wildman–Crippen LogP) is 5.83. The van der Waals surface area contributed by atoms with Crippen molar-refractivity contribution in [3.63, 3.8) is 0 Å². The highest BCUT2D eigenvalue weighted by molar-refractivity contribution is 5.89. The summed E-state index contributed by atoms with van der Waals surface area (Å²) in [5.74, 6) is -0.290. The van der Waals surface area contributed by atoms with E-state index in [2.05, 4.69) is 43.1 Å². The molecule has 2 aromatic rings. The van der Waals surface area contributed by atoms with Crippen LogP contribution in [0.15, 0.2) is 42.6 Å². The summed E-state index contributed by atoms with van der Waals surface area (Å²) < 4.78 is 5.49. The van der Waals surface area contributed by atoms with E-state index in [0.29, 0.717) is 5.56 Å². The molecule has 0 unspecified atom stereocenters. The average molecular weight is 339 g/mol. The van der Waals surface area contributed by atoms with Gasteiger partial charge in [-0.05, 0) is 43.9 Å². The Bertz CT molecular complexity index is 647. The van der Waals surface area contributed by atoms with Crippen molar-refractivity contribution < 1.29 is 9.53 Å². The van der Waals surface area contributed by atoms with Crippen LogP contribution in [0.3, 0.4) is 0 Å². The molecule has 0 aliphatic carbocycles. The minimum atomic E-state index is -0.290. The third-order valence-corrected chi connectivity index (χ3v) is 4.31. The fourth-order valence-corrected chi connectivity index (χ4v) is 2.81. The minimum Gasteiger partial charge on any atom is -0.459 e. The second kappa shape index (κ2) is 9.97. The Kier molecular flexibility index (Phi) is 7.65. The van der Waals surface area contributed by atoms with E-state index >= 15 is 0 Å². The number of carbonyl (C=O) groups excluding carboxylic acids is 1. The van der Waals surface area contributed by atoms with Crippen molar-refractivity contribution in [2.24, 2.45) is 0 Å². The van der Waals surface area contributed by atoms with Gasteiger partial charge >= 0.3 is 5.97 Å². The van der Waals surface area contributed by atoms with Gasteiger partial charge in [0, 0.05) is 11.8 Å². The third-order valence-electron chi connectivity index (χ3n) is 4.31. The number of hydrogen-bond acceptors (Lipinski definition) is 3. The molecule has 0 fully saturated rings. The van der Waals surface area contributed by atoms with Gasteiger partial charge in [0.2, 0.25) is 0 Å². The molecule has 0 saturated heterocycles. The quantitative estimate of drug-likeness (QED) is 0.426. The van der Waals surface area contributed by atoms with Crippen LogP contribution in [0, 0.1) is 0 Å². The molecule has 0 spiro atoms. The molecule has 134 valence electrons. The van der Waals surface area contributed by atoms with Crippen molar-refractivity contribution in [2.75, 3.05) is 0 Å². The lowest BCUT2D eigenvalue weighted by Gasteiger charge is -2.13. The highest BCUT2D eigenvalue weighted by atomic mass is 16.5. The lowest BCUT2D eigenvalue weighted by molar-refractivity contribution is 0.0319. The van der Waals surface area contributed by atoms with E-state index in [1.165, 1.54) is 18.4 Å². The molecule has 0 saturated carbocycles. The van der Waals surface area contributed by atoms with Crippen LogP contribution in [0.25, 0.3) is 11.3 Å². The Morgan fingerprint density at radius 2 is 1.80 bits per heavy atom. The highest BCUT2D eigenvalue weighted by Gasteiger charge is 2.12. The molecule has 3 heteroatoms. The summed E-state index contributed by atoms with van der Waals surface area (Å²) in [7, 11) is 0. The van der Waals surface area contributed by atoms with Gasteiger partial charge in [-0.25, -0.2) is 4.79 Å². The van der Waals surface area contributed by atoms with Crippen LogP contribution in [0.4, 0.5) is 0 Å². The summed E-state index contributed by atoms with van der Waals surface area (Å²) in [6.07, 6.45) is 8.15. The molecule has 1 atom stereocenters. The monoisotopic (exact) mass is 339 g/mol. The van der Waals surface area contributed by atoms with E-state index in [4.69, 9.17) is 4.74 Å². The van der Waals surface area contributed by atoms with Gasteiger partial charge in [0.15, 0.2) is 0 Å². The first-order valence-electron chi connectivity index (χ1n) is 9.40. The van der Waals surface area contributed by atoms with Crippen LogP contribution in [0.1, 0.15) is 68.8 Å². The number of unbranched alkanes of at least 4 members (excludes halogenated alkanes) is 2. The lowest BCUT2D eigenvalue weighted by Crippen LogP contribution is -2.15. The second-order valence-electron chi connectivity index (χ2n) is 6.59. The molecule has 0 aliphatic heterocycles. The Morgan fingerprint density at radius 3 is 2.40 bits per heavy atom. The fourth-order valence-electron chi connectivity index (χ4n) is 2.81. The zero-order valence-electron chi connectivity index (χ0n) is 15.6. The van der Waals surface area contributed by atoms with Gasteiger partial charge in [-0.15, -0.1) is 0 Å². The number of ether oxygens (including phenoxy) is 1. The molecule has 2 rings (SSSR count). The number of rotatable bonds is 9. The summed E-state index contributed by atoms with van der Waals surface area (Å²) in [5.41, 5.74) is 3.78. The van der Waals surface area contributed by atoms with Crippen molar-refractivity contribution in [3.8, 4) is 11.3 Å². The standard InChI is InChI=1S/C22H29NO2/c1-4-6-7-9-17(3)25-22(24)20-14-15-21(23-16-20)19-12-10-18(8-5-2)11-13-19/h10-17H,4-9H2,1-3H3/t17-/m1/s1. The van der Waals surface area contributed by atoms with Crippen molar-refractivity contribution in [3.05, 3.63) is 53.7 Å². The number of esters is 1. The maximum Gasteiger partial charge on any atom is 0.339 e. The van der Waals surface area contributed by atoms with Crippen molar-refractivity contribution in [1.82, 2.24) is 4.98 Å². The molecule has 1 aromatic carbocycles. The normalized spacial score (nSPS) is 12.0.